The SMILES string of the molecule is COc1ccc(C(=O)N2CC(C(C)(C)C)CC2=O)c(F)c1. The maximum atomic E-state index is 14.0. The fourth-order valence-corrected chi connectivity index (χ4v) is 2.43. The second kappa shape index (κ2) is 5.47. The number of benzene rings is 1. The van der Waals surface area contributed by atoms with Gasteiger partial charge in [-0.2, -0.15) is 0 Å². The van der Waals surface area contributed by atoms with Crippen LogP contribution in [0.2, 0.25) is 0 Å². The van der Waals surface area contributed by atoms with Crippen LogP contribution >= 0.6 is 0 Å². The van der Waals surface area contributed by atoms with Crippen LogP contribution in [-0.4, -0.2) is 30.4 Å². The first-order valence-electron chi connectivity index (χ1n) is 6.92. The van der Waals surface area contributed by atoms with Gasteiger partial charge in [-0.3, -0.25) is 14.5 Å². The van der Waals surface area contributed by atoms with Crippen molar-refractivity contribution in [3.63, 3.8) is 0 Å². The largest absolute Gasteiger partial charge is 0.497 e. The average Bonchev–Trinajstić information content (AvgIpc) is 2.80. The minimum atomic E-state index is -0.675. The van der Waals surface area contributed by atoms with E-state index < -0.39 is 11.7 Å². The number of halogens is 1. The van der Waals surface area contributed by atoms with Crippen molar-refractivity contribution in [2.45, 2.75) is 27.2 Å². The summed E-state index contributed by atoms with van der Waals surface area (Å²) < 4.78 is 18.9. The van der Waals surface area contributed by atoms with Gasteiger partial charge in [0.1, 0.15) is 11.6 Å². The molecule has 1 aromatic rings. The number of carbonyl (C=O) groups is 2. The van der Waals surface area contributed by atoms with Gasteiger partial charge in [-0.05, 0) is 23.5 Å². The summed E-state index contributed by atoms with van der Waals surface area (Å²) in [5, 5.41) is 0. The molecule has 2 amide bonds. The number of rotatable bonds is 2. The van der Waals surface area contributed by atoms with Gasteiger partial charge in [0.2, 0.25) is 5.91 Å². The van der Waals surface area contributed by atoms with Crippen LogP contribution < -0.4 is 4.74 Å². The lowest BCUT2D eigenvalue weighted by Crippen LogP contribution is -2.34. The van der Waals surface area contributed by atoms with Crippen LogP contribution in [0.3, 0.4) is 0 Å². The summed E-state index contributed by atoms with van der Waals surface area (Å²) in [6.45, 7) is 6.44. The van der Waals surface area contributed by atoms with Crippen molar-refractivity contribution in [2.75, 3.05) is 13.7 Å². The van der Waals surface area contributed by atoms with Crippen molar-refractivity contribution in [3.05, 3.63) is 29.6 Å². The quantitative estimate of drug-likeness (QED) is 0.788. The molecule has 1 unspecified atom stereocenters. The van der Waals surface area contributed by atoms with Gasteiger partial charge in [-0.1, -0.05) is 20.8 Å². The number of amides is 2. The predicted molar refractivity (Wildman–Crippen MR) is 76.6 cm³/mol. The van der Waals surface area contributed by atoms with Crippen LogP contribution in [0.5, 0.6) is 5.75 Å². The molecule has 2 rings (SSSR count). The zero-order chi connectivity index (χ0) is 15.8. The topological polar surface area (TPSA) is 46.6 Å². The molecule has 4 nitrogen and oxygen atoms in total. The Morgan fingerprint density at radius 3 is 2.52 bits per heavy atom. The highest BCUT2D eigenvalue weighted by Gasteiger charge is 2.40. The number of hydrogen-bond acceptors (Lipinski definition) is 3. The molecule has 0 N–H and O–H groups in total. The zero-order valence-corrected chi connectivity index (χ0v) is 12.8. The molecule has 1 atom stereocenters. The van der Waals surface area contributed by atoms with Crippen molar-refractivity contribution < 1.29 is 18.7 Å². The average molecular weight is 293 g/mol. The van der Waals surface area contributed by atoms with Crippen molar-refractivity contribution in [3.8, 4) is 5.75 Å². The van der Waals surface area contributed by atoms with Crippen LogP contribution in [0.1, 0.15) is 37.6 Å². The summed E-state index contributed by atoms with van der Waals surface area (Å²) >= 11 is 0. The van der Waals surface area contributed by atoms with Gasteiger partial charge in [-0.25, -0.2) is 4.39 Å². The first-order valence-corrected chi connectivity index (χ1v) is 6.92. The van der Waals surface area contributed by atoms with Crippen LogP contribution in [0.15, 0.2) is 18.2 Å². The Labute approximate surface area is 123 Å². The van der Waals surface area contributed by atoms with Gasteiger partial charge in [0.05, 0.1) is 12.7 Å². The Morgan fingerprint density at radius 1 is 1.38 bits per heavy atom. The van der Waals surface area contributed by atoms with Crippen molar-refractivity contribution in [1.82, 2.24) is 4.90 Å². The van der Waals surface area contributed by atoms with E-state index in [4.69, 9.17) is 4.74 Å². The van der Waals surface area contributed by atoms with E-state index in [-0.39, 0.29) is 22.8 Å². The lowest BCUT2D eigenvalue weighted by Gasteiger charge is -2.26. The molecule has 21 heavy (non-hydrogen) atoms. The minimum absolute atomic E-state index is 0.0663. The molecule has 114 valence electrons. The molecule has 1 heterocycles. The van der Waals surface area contributed by atoms with Crippen LogP contribution in [0.25, 0.3) is 0 Å². The zero-order valence-electron chi connectivity index (χ0n) is 12.8. The molecular formula is C16H20FNO3. The fourth-order valence-electron chi connectivity index (χ4n) is 2.43. The Morgan fingerprint density at radius 2 is 2.05 bits per heavy atom. The number of nitrogens with zero attached hydrogens (tertiary/aromatic N) is 1. The Hall–Kier alpha value is -1.91. The molecule has 1 aromatic carbocycles. The van der Waals surface area contributed by atoms with Crippen LogP contribution in [0.4, 0.5) is 4.39 Å². The molecule has 0 aromatic heterocycles. The maximum absolute atomic E-state index is 14.0. The smallest absolute Gasteiger partial charge is 0.263 e. The highest BCUT2D eigenvalue weighted by atomic mass is 19.1. The summed E-state index contributed by atoms with van der Waals surface area (Å²) in [7, 11) is 1.42. The van der Waals surface area contributed by atoms with E-state index in [0.29, 0.717) is 18.7 Å². The van der Waals surface area contributed by atoms with E-state index in [1.54, 1.807) is 0 Å². The van der Waals surface area contributed by atoms with Crippen molar-refractivity contribution in [1.29, 1.82) is 0 Å². The second-order valence-electron chi connectivity index (χ2n) is 6.42. The van der Waals surface area contributed by atoms with Gasteiger partial charge < -0.3 is 4.74 Å². The number of ether oxygens (including phenoxy) is 1. The summed E-state index contributed by atoms with van der Waals surface area (Å²) in [4.78, 5) is 25.6. The van der Waals surface area contributed by atoms with Gasteiger partial charge in [0.15, 0.2) is 0 Å². The molecule has 0 spiro atoms. The van der Waals surface area contributed by atoms with Gasteiger partial charge in [-0.15, -0.1) is 0 Å². The number of methoxy groups -OCH3 is 1. The number of carbonyl (C=O) groups excluding carboxylic acids is 2. The van der Waals surface area contributed by atoms with Gasteiger partial charge in [0.25, 0.3) is 5.91 Å². The monoisotopic (exact) mass is 293 g/mol. The first kappa shape index (κ1) is 15.5. The summed E-state index contributed by atoms with van der Waals surface area (Å²) in [6, 6.07) is 4.02. The molecule has 0 radical (unpaired) electrons. The summed E-state index contributed by atoms with van der Waals surface area (Å²) in [5.74, 6) is -1.06. The second-order valence-corrected chi connectivity index (χ2v) is 6.42. The molecule has 0 bridgehead atoms. The highest BCUT2D eigenvalue weighted by molar-refractivity contribution is 6.05. The lowest BCUT2D eigenvalue weighted by molar-refractivity contribution is -0.125. The highest BCUT2D eigenvalue weighted by Crippen LogP contribution is 2.35. The Bertz CT molecular complexity index is 577. The third kappa shape index (κ3) is 3.06. The van der Waals surface area contributed by atoms with Gasteiger partial charge >= 0.3 is 0 Å². The fraction of sp³-hybridized carbons (Fsp3) is 0.500. The molecule has 0 saturated carbocycles. The third-order valence-electron chi connectivity index (χ3n) is 4.00. The summed E-state index contributed by atoms with van der Waals surface area (Å²) in [5.41, 5.74) is -0.165. The van der Waals surface area contributed by atoms with Crippen LogP contribution in [-0.2, 0) is 4.79 Å². The standard InChI is InChI=1S/C16H20FNO3/c1-16(2,3)10-7-14(19)18(9-10)15(20)12-6-5-11(21-4)8-13(12)17/h5-6,8,10H,7,9H2,1-4H3. The van der Waals surface area contributed by atoms with E-state index >= 15 is 0 Å². The van der Waals surface area contributed by atoms with E-state index in [1.807, 2.05) is 20.8 Å². The van der Waals surface area contributed by atoms with Gasteiger partial charge in [0, 0.05) is 19.0 Å². The lowest BCUT2D eigenvalue weighted by atomic mass is 9.80. The molecule has 1 fully saturated rings. The van der Waals surface area contributed by atoms with Crippen molar-refractivity contribution >= 4 is 11.8 Å². The number of imide groups is 1. The van der Waals surface area contributed by atoms with E-state index in [1.165, 1.54) is 19.2 Å². The van der Waals surface area contributed by atoms with Crippen LogP contribution in [0, 0.1) is 17.2 Å². The Kier molecular flexibility index (Phi) is 4.03. The third-order valence-corrected chi connectivity index (χ3v) is 4.00. The van der Waals surface area contributed by atoms with E-state index in [2.05, 4.69) is 0 Å². The number of likely N-dealkylation sites (tertiary alicyclic amines) is 1. The first-order chi connectivity index (χ1) is 9.74. The van der Waals surface area contributed by atoms with Crippen molar-refractivity contribution in [2.24, 2.45) is 11.3 Å². The molecular weight excluding hydrogens is 273 g/mol. The Balaban J connectivity index is 2.23. The van der Waals surface area contributed by atoms with E-state index in [0.717, 1.165) is 11.0 Å². The molecule has 0 aliphatic carbocycles. The predicted octanol–water partition coefficient (Wildman–Crippen LogP) is 2.87. The minimum Gasteiger partial charge on any atom is -0.497 e. The normalized spacial score (nSPS) is 19.0. The van der Waals surface area contributed by atoms with E-state index in [9.17, 15) is 14.0 Å². The maximum Gasteiger partial charge on any atom is 0.263 e. The molecule has 1 saturated heterocycles. The number of hydrogen-bond donors (Lipinski definition) is 0. The molecule has 5 heteroatoms. The summed E-state index contributed by atoms with van der Waals surface area (Å²) in [6.07, 6.45) is 0.326. The molecule has 1 aliphatic heterocycles. The molecule has 1 aliphatic rings.